The minimum atomic E-state index is -0.265. The second-order valence-corrected chi connectivity index (χ2v) is 7.04. The van der Waals surface area contributed by atoms with Gasteiger partial charge in [0.15, 0.2) is 0 Å². The molecule has 0 unspecified atom stereocenters. The van der Waals surface area contributed by atoms with Crippen molar-refractivity contribution in [2.75, 3.05) is 25.0 Å². The van der Waals surface area contributed by atoms with Crippen molar-refractivity contribution < 1.29 is 19.1 Å². The monoisotopic (exact) mass is 411 g/mol. The van der Waals surface area contributed by atoms with Crippen LogP contribution in [0.3, 0.4) is 0 Å². The van der Waals surface area contributed by atoms with E-state index in [1.165, 1.54) is 6.92 Å². The quantitative estimate of drug-likeness (QED) is 0.524. The van der Waals surface area contributed by atoms with Gasteiger partial charge in [-0.25, -0.2) is 0 Å². The van der Waals surface area contributed by atoms with Crippen LogP contribution in [0.15, 0.2) is 42.5 Å². The Morgan fingerprint density at radius 3 is 2.30 bits per heavy atom. The van der Waals surface area contributed by atoms with E-state index in [0.29, 0.717) is 43.8 Å². The molecule has 2 rings (SSSR count). The van der Waals surface area contributed by atoms with E-state index < -0.39 is 0 Å². The van der Waals surface area contributed by atoms with Crippen LogP contribution < -0.4 is 20.7 Å². The summed E-state index contributed by atoms with van der Waals surface area (Å²) in [6.07, 6.45) is 0.972. The average molecular weight is 412 g/mol. The van der Waals surface area contributed by atoms with E-state index in [4.69, 9.17) is 4.74 Å². The Balaban J connectivity index is 1.63. The molecular weight excluding hydrogens is 382 g/mol. The zero-order valence-electron chi connectivity index (χ0n) is 17.7. The number of benzene rings is 2. The fourth-order valence-corrected chi connectivity index (χ4v) is 2.94. The lowest BCUT2D eigenvalue weighted by Crippen LogP contribution is -2.34. The van der Waals surface area contributed by atoms with Crippen molar-refractivity contribution in [1.82, 2.24) is 10.6 Å². The van der Waals surface area contributed by atoms with E-state index in [-0.39, 0.29) is 17.7 Å². The molecule has 0 heterocycles. The highest BCUT2D eigenvalue weighted by Crippen LogP contribution is 2.22. The molecular formula is C23H29N3O4. The van der Waals surface area contributed by atoms with Crippen LogP contribution in [0.2, 0.25) is 0 Å². The summed E-state index contributed by atoms with van der Waals surface area (Å²) in [5.41, 5.74) is 3.17. The number of amides is 3. The lowest BCUT2D eigenvalue weighted by atomic mass is 10.1. The van der Waals surface area contributed by atoms with Gasteiger partial charge in [-0.3, -0.25) is 14.4 Å². The van der Waals surface area contributed by atoms with E-state index >= 15 is 0 Å². The van der Waals surface area contributed by atoms with E-state index in [1.54, 1.807) is 24.3 Å². The first-order chi connectivity index (χ1) is 14.4. The maximum atomic E-state index is 12.2. The third-order valence-corrected chi connectivity index (χ3v) is 4.38. The summed E-state index contributed by atoms with van der Waals surface area (Å²) in [6, 6.07) is 12.7. The number of carbonyl (C=O) groups excluding carboxylic acids is 3. The molecule has 0 aliphatic heterocycles. The number of ether oxygens (including phenoxy) is 1. The van der Waals surface area contributed by atoms with Gasteiger partial charge in [0.25, 0.3) is 5.91 Å². The second-order valence-electron chi connectivity index (χ2n) is 7.04. The number of rotatable bonds is 10. The SMILES string of the molecule is CC(=O)Nc1cccc(C(=O)NCCNC(=O)CCCOc2c(C)cccc2C)c1. The molecule has 2 aromatic carbocycles. The molecule has 30 heavy (non-hydrogen) atoms. The second kappa shape index (κ2) is 11.6. The lowest BCUT2D eigenvalue weighted by Gasteiger charge is -2.12. The Kier molecular flexibility index (Phi) is 8.87. The summed E-state index contributed by atoms with van der Waals surface area (Å²) in [6.45, 7) is 6.53. The van der Waals surface area contributed by atoms with Crippen LogP contribution in [0.4, 0.5) is 5.69 Å². The van der Waals surface area contributed by atoms with Gasteiger partial charge in [0.1, 0.15) is 5.75 Å². The maximum Gasteiger partial charge on any atom is 0.251 e. The number of aryl methyl sites for hydroxylation is 2. The molecule has 0 saturated carbocycles. The fraction of sp³-hybridized carbons (Fsp3) is 0.348. The molecule has 0 aliphatic carbocycles. The predicted molar refractivity (Wildman–Crippen MR) is 117 cm³/mol. The first-order valence-electron chi connectivity index (χ1n) is 9.98. The van der Waals surface area contributed by atoms with Gasteiger partial charge in [-0.1, -0.05) is 24.3 Å². The van der Waals surface area contributed by atoms with Crippen LogP contribution in [0.25, 0.3) is 0 Å². The Hall–Kier alpha value is -3.35. The highest BCUT2D eigenvalue weighted by Gasteiger charge is 2.08. The van der Waals surface area contributed by atoms with Crippen LogP contribution in [0, 0.1) is 13.8 Å². The van der Waals surface area contributed by atoms with Crippen molar-refractivity contribution in [3.63, 3.8) is 0 Å². The molecule has 3 amide bonds. The topological polar surface area (TPSA) is 96.5 Å². The predicted octanol–water partition coefficient (Wildman–Crippen LogP) is 2.97. The Morgan fingerprint density at radius 1 is 0.933 bits per heavy atom. The van der Waals surface area contributed by atoms with Gasteiger partial charge in [0, 0.05) is 37.7 Å². The van der Waals surface area contributed by atoms with Gasteiger partial charge in [0.05, 0.1) is 6.61 Å². The number of hydrogen-bond acceptors (Lipinski definition) is 4. The van der Waals surface area contributed by atoms with Crippen molar-refractivity contribution in [3.05, 3.63) is 59.2 Å². The maximum absolute atomic E-state index is 12.2. The molecule has 0 radical (unpaired) electrons. The van der Waals surface area contributed by atoms with Gasteiger partial charge < -0.3 is 20.7 Å². The number of carbonyl (C=O) groups is 3. The zero-order chi connectivity index (χ0) is 21.9. The highest BCUT2D eigenvalue weighted by atomic mass is 16.5. The Bertz CT molecular complexity index is 876. The van der Waals surface area contributed by atoms with Crippen molar-refractivity contribution in [2.24, 2.45) is 0 Å². The molecule has 160 valence electrons. The van der Waals surface area contributed by atoms with Crippen LogP contribution in [-0.2, 0) is 9.59 Å². The normalized spacial score (nSPS) is 10.2. The van der Waals surface area contributed by atoms with Crippen molar-refractivity contribution in [1.29, 1.82) is 0 Å². The molecule has 0 spiro atoms. The molecule has 3 N–H and O–H groups in total. The Morgan fingerprint density at radius 2 is 1.60 bits per heavy atom. The number of nitrogens with one attached hydrogen (secondary N) is 3. The molecule has 0 bridgehead atoms. The fourth-order valence-electron chi connectivity index (χ4n) is 2.94. The smallest absolute Gasteiger partial charge is 0.251 e. The molecule has 0 aromatic heterocycles. The van der Waals surface area contributed by atoms with Crippen LogP contribution in [0.5, 0.6) is 5.75 Å². The minimum Gasteiger partial charge on any atom is -0.493 e. The minimum absolute atomic E-state index is 0.0815. The molecule has 0 aliphatic rings. The molecule has 0 atom stereocenters. The van der Waals surface area contributed by atoms with Gasteiger partial charge in [-0.15, -0.1) is 0 Å². The molecule has 0 fully saturated rings. The van der Waals surface area contributed by atoms with E-state index in [0.717, 1.165) is 16.9 Å². The third kappa shape index (κ3) is 7.58. The number of anilines is 1. The summed E-state index contributed by atoms with van der Waals surface area (Å²) >= 11 is 0. The van der Waals surface area contributed by atoms with Crippen LogP contribution >= 0.6 is 0 Å². The van der Waals surface area contributed by atoms with E-state index in [9.17, 15) is 14.4 Å². The zero-order valence-corrected chi connectivity index (χ0v) is 17.7. The molecule has 0 saturated heterocycles. The summed E-state index contributed by atoms with van der Waals surface area (Å²) in [5.74, 6) is 0.332. The van der Waals surface area contributed by atoms with Crippen LogP contribution in [-0.4, -0.2) is 37.4 Å². The summed E-state index contributed by atoms with van der Waals surface area (Å²) in [4.78, 5) is 35.2. The third-order valence-electron chi connectivity index (χ3n) is 4.38. The van der Waals surface area contributed by atoms with Gasteiger partial charge >= 0.3 is 0 Å². The molecule has 2 aromatic rings. The lowest BCUT2D eigenvalue weighted by molar-refractivity contribution is -0.121. The number of para-hydroxylation sites is 1. The standard InChI is InChI=1S/C23H29N3O4/c1-16-7-4-8-17(2)22(16)30-14-6-11-21(28)24-12-13-25-23(29)19-9-5-10-20(15-19)26-18(3)27/h4-5,7-10,15H,6,11-14H2,1-3H3,(H,24,28)(H,25,29)(H,26,27). The van der Waals surface area contributed by atoms with Gasteiger partial charge in [-0.05, 0) is 49.6 Å². The highest BCUT2D eigenvalue weighted by molar-refractivity contribution is 5.96. The van der Waals surface area contributed by atoms with E-state index in [2.05, 4.69) is 16.0 Å². The van der Waals surface area contributed by atoms with Crippen molar-refractivity contribution >= 4 is 23.4 Å². The summed E-state index contributed by atoms with van der Waals surface area (Å²) in [5, 5.41) is 8.16. The van der Waals surface area contributed by atoms with Crippen molar-refractivity contribution in [2.45, 2.75) is 33.6 Å². The van der Waals surface area contributed by atoms with Crippen molar-refractivity contribution in [3.8, 4) is 5.75 Å². The molecule has 7 nitrogen and oxygen atoms in total. The van der Waals surface area contributed by atoms with Gasteiger partial charge in [-0.2, -0.15) is 0 Å². The van der Waals surface area contributed by atoms with Crippen LogP contribution in [0.1, 0.15) is 41.3 Å². The van der Waals surface area contributed by atoms with E-state index in [1.807, 2.05) is 32.0 Å². The summed E-state index contributed by atoms with van der Waals surface area (Å²) < 4.78 is 5.79. The van der Waals surface area contributed by atoms with Gasteiger partial charge in [0.2, 0.25) is 11.8 Å². The Labute approximate surface area is 177 Å². The summed E-state index contributed by atoms with van der Waals surface area (Å²) in [7, 11) is 0. The average Bonchev–Trinajstić information content (AvgIpc) is 2.70. The first-order valence-corrected chi connectivity index (χ1v) is 9.98. The first kappa shape index (κ1) is 22.9. The number of hydrogen-bond donors (Lipinski definition) is 3. The molecule has 7 heteroatoms. The largest absolute Gasteiger partial charge is 0.493 e.